The average molecular weight is 497 g/mol. The van der Waals surface area contributed by atoms with Crippen LogP contribution in [-0.2, 0) is 4.79 Å². The Morgan fingerprint density at radius 2 is 1.86 bits per heavy atom. The Hall–Kier alpha value is -3.31. The van der Waals surface area contributed by atoms with E-state index in [1.807, 2.05) is 37.3 Å². The first kappa shape index (κ1) is 24.8. The Morgan fingerprint density at radius 3 is 2.43 bits per heavy atom. The summed E-state index contributed by atoms with van der Waals surface area (Å²) in [4.78, 5) is 26.7. The van der Waals surface area contributed by atoms with Crippen molar-refractivity contribution >= 4 is 40.8 Å². The number of carbonyl (C=O) groups is 1. The molecular weight excluding hydrogens is 464 g/mol. The van der Waals surface area contributed by atoms with Gasteiger partial charge in [-0.05, 0) is 56.8 Å². The van der Waals surface area contributed by atoms with Gasteiger partial charge in [0.25, 0.3) is 0 Å². The highest BCUT2D eigenvalue weighted by Crippen LogP contribution is 2.38. The van der Waals surface area contributed by atoms with Gasteiger partial charge in [-0.15, -0.1) is 0 Å². The molecule has 1 aliphatic rings. The molecule has 4 rings (SSSR count). The van der Waals surface area contributed by atoms with Crippen molar-refractivity contribution in [1.29, 1.82) is 0 Å². The summed E-state index contributed by atoms with van der Waals surface area (Å²) < 4.78 is 5.81. The number of amides is 1. The Labute approximate surface area is 209 Å². The number of aryl methyl sites for hydroxylation is 1. The summed E-state index contributed by atoms with van der Waals surface area (Å²) >= 11 is 1.45. The maximum absolute atomic E-state index is 11.3. The fourth-order valence-electron chi connectivity index (χ4n) is 3.92. The molecule has 0 radical (unpaired) electrons. The van der Waals surface area contributed by atoms with Crippen molar-refractivity contribution in [3.63, 3.8) is 0 Å². The third-order valence-electron chi connectivity index (χ3n) is 5.71. The van der Waals surface area contributed by atoms with Gasteiger partial charge in [0.2, 0.25) is 11.7 Å². The fourth-order valence-corrected chi connectivity index (χ4v) is 4.67. The maximum atomic E-state index is 11.3. The highest BCUT2D eigenvalue weighted by atomic mass is 32.2. The van der Waals surface area contributed by atoms with E-state index in [9.17, 15) is 4.79 Å². The summed E-state index contributed by atoms with van der Waals surface area (Å²) in [6.45, 7) is 11.5. The van der Waals surface area contributed by atoms with E-state index in [0.29, 0.717) is 28.6 Å². The fraction of sp³-hybridized carbons (Fsp3) is 0.417. The SMILES string of the molecule is COc1c(Nc2cc(C)[nH]n2)nc(Sc2ccc(NC(C)=O)cc2)nc1N1CCN(C(C)C)CC1. The van der Waals surface area contributed by atoms with Gasteiger partial charge in [-0.3, -0.25) is 14.8 Å². The number of hydrogen-bond donors (Lipinski definition) is 3. The quantitative estimate of drug-likeness (QED) is 0.400. The summed E-state index contributed by atoms with van der Waals surface area (Å²) in [5.74, 6) is 2.47. The predicted octanol–water partition coefficient (Wildman–Crippen LogP) is 3.90. The van der Waals surface area contributed by atoms with Crippen LogP contribution in [0.5, 0.6) is 5.75 Å². The van der Waals surface area contributed by atoms with E-state index in [2.05, 4.69) is 44.5 Å². The molecule has 0 aliphatic carbocycles. The molecule has 1 amide bonds. The molecule has 2 aromatic heterocycles. The van der Waals surface area contributed by atoms with Crippen LogP contribution in [0.3, 0.4) is 0 Å². The van der Waals surface area contributed by atoms with Gasteiger partial charge in [0.15, 0.2) is 22.6 Å². The van der Waals surface area contributed by atoms with Crippen LogP contribution in [0.25, 0.3) is 0 Å². The minimum Gasteiger partial charge on any atom is -0.490 e. The summed E-state index contributed by atoms with van der Waals surface area (Å²) in [6, 6.07) is 10.0. The lowest BCUT2D eigenvalue weighted by Crippen LogP contribution is -2.49. The molecule has 0 spiro atoms. The number of nitrogens with zero attached hydrogens (tertiary/aromatic N) is 5. The van der Waals surface area contributed by atoms with Crippen LogP contribution in [0.4, 0.5) is 23.1 Å². The molecule has 10 nitrogen and oxygen atoms in total. The molecular formula is C24H32N8O2S. The van der Waals surface area contributed by atoms with Crippen LogP contribution in [0.2, 0.25) is 0 Å². The zero-order chi connectivity index (χ0) is 24.9. The topological polar surface area (TPSA) is 111 Å². The Morgan fingerprint density at radius 1 is 1.14 bits per heavy atom. The zero-order valence-electron chi connectivity index (χ0n) is 20.8. The molecule has 1 fully saturated rings. The van der Waals surface area contributed by atoms with Gasteiger partial charge in [-0.1, -0.05) is 0 Å². The number of aromatic nitrogens is 4. The lowest BCUT2D eigenvalue weighted by molar-refractivity contribution is -0.114. The monoisotopic (exact) mass is 496 g/mol. The molecule has 0 bridgehead atoms. The van der Waals surface area contributed by atoms with E-state index in [1.54, 1.807) is 7.11 Å². The summed E-state index contributed by atoms with van der Waals surface area (Å²) in [5, 5.41) is 13.9. The Balaban J connectivity index is 1.65. The first-order chi connectivity index (χ1) is 16.8. The second-order valence-electron chi connectivity index (χ2n) is 8.70. The lowest BCUT2D eigenvalue weighted by atomic mass is 10.2. The van der Waals surface area contributed by atoms with Gasteiger partial charge in [0, 0.05) is 61.5 Å². The van der Waals surface area contributed by atoms with E-state index in [4.69, 9.17) is 14.7 Å². The second kappa shape index (κ2) is 11.0. The average Bonchev–Trinajstić information content (AvgIpc) is 3.24. The molecule has 3 heterocycles. The van der Waals surface area contributed by atoms with Gasteiger partial charge >= 0.3 is 0 Å². The standard InChI is InChI=1S/C24H32N8O2S/c1-15(2)31-10-12-32(13-11-31)23-21(34-5)22(26-20-14-16(3)29-30-20)27-24(28-23)35-19-8-6-18(7-9-19)25-17(4)33/h6-9,14-15H,10-13H2,1-5H3,(H,25,33)(H2,26,27,28,29,30). The maximum Gasteiger partial charge on any atom is 0.221 e. The third-order valence-corrected chi connectivity index (χ3v) is 6.58. The number of carbonyl (C=O) groups excluding carboxylic acids is 1. The molecule has 35 heavy (non-hydrogen) atoms. The van der Waals surface area contributed by atoms with Gasteiger partial charge in [0.1, 0.15) is 0 Å². The first-order valence-electron chi connectivity index (χ1n) is 11.6. The van der Waals surface area contributed by atoms with Crippen molar-refractivity contribution in [3.8, 4) is 5.75 Å². The predicted molar refractivity (Wildman–Crippen MR) is 139 cm³/mol. The normalized spacial score (nSPS) is 14.3. The molecule has 1 aliphatic heterocycles. The number of ether oxygens (including phenoxy) is 1. The number of nitrogens with one attached hydrogen (secondary N) is 3. The molecule has 1 aromatic carbocycles. The van der Waals surface area contributed by atoms with E-state index in [0.717, 1.165) is 48.3 Å². The van der Waals surface area contributed by atoms with Crippen LogP contribution in [0.1, 0.15) is 26.5 Å². The summed E-state index contributed by atoms with van der Waals surface area (Å²) in [6.07, 6.45) is 0. The molecule has 0 unspecified atom stereocenters. The number of piperazine rings is 1. The number of H-pyrrole nitrogens is 1. The number of methoxy groups -OCH3 is 1. The molecule has 0 atom stereocenters. The van der Waals surface area contributed by atoms with Gasteiger partial charge in [-0.25, -0.2) is 9.97 Å². The number of rotatable bonds is 8. The van der Waals surface area contributed by atoms with E-state index in [1.165, 1.54) is 18.7 Å². The molecule has 186 valence electrons. The largest absolute Gasteiger partial charge is 0.490 e. The van der Waals surface area contributed by atoms with Crippen molar-refractivity contribution in [3.05, 3.63) is 36.0 Å². The van der Waals surface area contributed by atoms with Gasteiger partial charge in [-0.2, -0.15) is 5.10 Å². The number of hydrogen-bond acceptors (Lipinski definition) is 9. The Kier molecular flexibility index (Phi) is 7.76. The first-order valence-corrected chi connectivity index (χ1v) is 12.4. The van der Waals surface area contributed by atoms with Crippen LogP contribution < -0.4 is 20.3 Å². The minimum absolute atomic E-state index is 0.101. The molecule has 3 N–H and O–H groups in total. The van der Waals surface area contributed by atoms with Crippen LogP contribution in [0.15, 0.2) is 40.4 Å². The van der Waals surface area contributed by atoms with Crippen LogP contribution in [0, 0.1) is 6.92 Å². The number of aromatic amines is 1. The third kappa shape index (κ3) is 6.23. The van der Waals surface area contributed by atoms with Crippen LogP contribution in [-0.4, -0.2) is 70.3 Å². The van der Waals surface area contributed by atoms with E-state index < -0.39 is 0 Å². The van der Waals surface area contributed by atoms with Crippen molar-refractivity contribution in [2.24, 2.45) is 0 Å². The van der Waals surface area contributed by atoms with Crippen molar-refractivity contribution in [2.75, 3.05) is 48.8 Å². The highest BCUT2D eigenvalue weighted by molar-refractivity contribution is 7.99. The summed E-state index contributed by atoms with van der Waals surface area (Å²) in [5.41, 5.74) is 1.69. The van der Waals surface area contributed by atoms with Crippen molar-refractivity contribution < 1.29 is 9.53 Å². The number of benzene rings is 1. The van der Waals surface area contributed by atoms with Crippen LogP contribution >= 0.6 is 11.8 Å². The second-order valence-corrected chi connectivity index (χ2v) is 9.74. The molecule has 0 saturated carbocycles. The Bertz CT molecular complexity index is 1160. The van der Waals surface area contributed by atoms with Crippen molar-refractivity contribution in [2.45, 2.75) is 43.8 Å². The van der Waals surface area contributed by atoms with Gasteiger partial charge < -0.3 is 20.3 Å². The highest BCUT2D eigenvalue weighted by Gasteiger charge is 2.26. The lowest BCUT2D eigenvalue weighted by Gasteiger charge is -2.38. The molecule has 11 heteroatoms. The number of anilines is 4. The van der Waals surface area contributed by atoms with E-state index in [-0.39, 0.29) is 5.91 Å². The van der Waals surface area contributed by atoms with Crippen molar-refractivity contribution in [1.82, 2.24) is 25.1 Å². The minimum atomic E-state index is -0.101. The zero-order valence-corrected chi connectivity index (χ0v) is 21.6. The smallest absolute Gasteiger partial charge is 0.221 e. The van der Waals surface area contributed by atoms with Gasteiger partial charge in [0.05, 0.1) is 7.11 Å². The molecule has 1 saturated heterocycles. The van der Waals surface area contributed by atoms with E-state index >= 15 is 0 Å². The summed E-state index contributed by atoms with van der Waals surface area (Å²) in [7, 11) is 1.64. The molecule has 3 aromatic rings.